The number of nitrogens with zero attached hydrogens (tertiary/aromatic N) is 1. The fourth-order valence-corrected chi connectivity index (χ4v) is 5.75. The van der Waals surface area contributed by atoms with E-state index < -0.39 is 27.1 Å². The van der Waals surface area contributed by atoms with E-state index >= 15 is 0 Å². The van der Waals surface area contributed by atoms with E-state index in [2.05, 4.69) is 12.1 Å². The van der Waals surface area contributed by atoms with Gasteiger partial charge in [0.05, 0.1) is 17.9 Å². The Morgan fingerprint density at radius 1 is 1.14 bits per heavy atom. The molecule has 0 saturated carbocycles. The number of likely N-dealkylation sites (tertiary alicyclic amines) is 1. The number of methoxy groups -OCH3 is 1. The lowest BCUT2D eigenvalue weighted by Crippen LogP contribution is -2.48. The number of aliphatic carboxylic acids is 1. The number of hydrogen-bond acceptors (Lipinski definition) is 5. The zero-order valence-corrected chi connectivity index (χ0v) is 17.3. The van der Waals surface area contributed by atoms with Gasteiger partial charge in [0.2, 0.25) is 0 Å². The van der Waals surface area contributed by atoms with Crippen molar-refractivity contribution < 1.29 is 23.1 Å². The molecular formula is C22H27NO5S. The molecule has 2 aromatic rings. The number of aryl methyl sites for hydroxylation is 1. The third kappa shape index (κ3) is 5.16. The summed E-state index contributed by atoms with van der Waals surface area (Å²) in [5.74, 6) is -0.988. The highest BCUT2D eigenvalue weighted by molar-refractivity contribution is 7.92. The Balaban J connectivity index is 1.77. The molecule has 0 bridgehead atoms. The van der Waals surface area contributed by atoms with E-state index in [9.17, 15) is 18.3 Å². The van der Waals surface area contributed by atoms with E-state index in [4.69, 9.17) is 4.74 Å². The van der Waals surface area contributed by atoms with Crippen molar-refractivity contribution in [2.45, 2.75) is 36.0 Å². The Morgan fingerprint density at radius 2 is 1.83 bits per heavy atom. The van der Waals surface area contributed by atoms with Crippen LogP contribution in [0.25, 0.3) is 0 Å². The molecule has 1 fully saturated rings. The lowest BCUT2D eigenvalue weighted by atomic mass is 9.96. The Labute approximate surface area is 172 Å². The second-order valence-electron chi connectivity index (χ2n) is 7.36. The van der Waals surface area contributed by atoms with Crippen molar-refractivity contribution in [3.8, 4) is 5.75 Å². The zero-order chi connectivity index (χ0) is 20.9. The zero-order valence-electron chi connectivity index (χ0n) is 16.5. The maximum Gasteiger partial charge on any atom is 0.306 e. The van der Waals surface area contributed by atoms with Gasteiger partial charge in [0.1, 0.15) is 11.1 Å². The van der Waals surface area contributed by atoms with Gasteiger partial charge in [-0.25, -0.2) is 8.42 Å². The number of piperidine rings is 1. The van der Waals surface area contributed by atoms with Crippen molar-refractivity contribution in [1.82, 2.24) is 4.90 Å². The van der Waals surface area contributed by atoms with Crippen LogP contribution in [-0.4, -0.2) is 50.0 Å². The summed E-state index contributed by atoms with van der Waals surface area (Å²) in [4.78, 5) is 13.7. The first-order valence-corrected chi connectivity index (χ1v) is 11.3. The van der Waals surface area contributed by atoms with Crippen LogP contribution in [0.4, 0.5) is 0 Å². The standard InChI is InChI=1S/C22H27NO5S/c1-28-19-9-11-20(12-10-19)29(26,27)21-16-18(22(24)25)13-15-23(21)14-5-8-17-6-3-2-4-7-17/h2-4,6-7,9-12,18,21H,5,8,13-16H2,1H3,(H,24,25). The molecule has 3 rings (SSSR count). The van der Waals surface area contributed by atoms with E-state index in [1.54, 1.807) is 12.1 Å². The Hall–Kier alpha value is -2.38. The van der Waals surface area contributed by atoms with E-state index in [1.807, 2.05) is 23.1 Å². The minimum absolute atomic E-state index is 0.106. The maximum absolute atomic E-state index is 13.3. The van der Waals surface area contributed by atoms with Gasteiger partial charge in [-0.3, -0.25) is 9.69 Å². The smallest absolute Gasteiger partial charge is 0.306 e. The molecule has 1 heterocycles. The number of rotatable bonds is 8. The van der Waals surface area contributed by atoms with Crippen molar-refractivity contribution >= 4 is 15.8 Å². The second kappa shape index (κ2) is 9.41. The van der Waals surface area contributed by atoms with Crippen LogP contribution in [0.1, 0.15) is 24.8 Å². The van der Waals surface area contributed by atoms with Gasteiger partial charge in [-0.15, -0.1) is 0 Å². The molecule has 156 valence electrons. The summed E-state index contributed by atoms with van der Waals surface area (Å²) >= 11 is 0. The maximum atomic E-state index is 13.3. The summed E-state index contributed by atoms with van der Waals surface area (Å²) in [5.41, 5.74) is 1.21. The topological polar surface area (TPSA) is 83.9 Å². The SMILES string of the molecule is COc1ccc(S(=O)(=O)C2CC(C(=O)O)CCN2CCCc2ccccc2)cc1. The molecule has 1 N–H and O–H groups in total. The summed E-state index contributed by atoms with van der Waals surface area (Å²) in [6.45, 7) is 1.08. The van der Waals surface area contributed by atoms with Crippen LogP contribution in [0.3, 0.4) is 0 Å². The number of carboxylic acid groups (broad SMARTS) is 1. The number of benzene rings is 2. The third-order valence-corrected chi connectivity index (χ3v) is 7.64. The van der Waals surface area contributed by atoms with Crippen LogP contribution in [-0.2, 0) is 21.1 Å². The molecule has 29 heavy (non-hydrogen) atoms. The molecule has 2 unspecified atom stereocenters. The normalized spacial score (nSPS) is 20.3. The van der Waals surface area contributed by atoms with Gasteiger partial charge in [0, 0.05) is 6.54 Å². The highest BCUT2D eigenvalue weighted by Crippen LogP contribution is 2.31. The van der Waals surface area contributed by atoms with Crippen LogP contribution in [0.5, 0.6) is 5.75 Å². The van der Waals surface area contributed by atoms with Crippen molar-refractivity contribution in [3.05, 3.63) is 60.2 Å². The Kier molecular flexibility index (Phi) is 6.92. The summed E-state index contributed by atoms with van der Waals surface area (Å²) < 4.78 is 31.8. The number of carbonyl (C=O) groups is 1. The molecule has 2 atom stereocenters. The number of hydrogen-bond donors (Lipinski definition) is 1. The van der Waals surface area contributed by atoms with Crippen molar-refractivity contribution in [2.24, 2.45) is 5.92 Å². The molecule has 2 aromatic carbocycles. The molecule has 1 aliphatic rings. The molecule has 6 nitrogen and oxygen atoms in total. The second-order valence-corrected chi connectivity index (χ2v) is 9.47. The minimum atomic E-state index is -3.69. The van der Waals surface area contributed by atoms with Gasteiger partial charge >= 0.3 is 5.97 Å². The van der Waals surface area contributed by atoms with E-state index in [0.717, 1.165) is 12.8 Å². The average Bonchev–Trinajstić information content (AvgIpc) is 2.74. The van der Waals surface area contributed by atoms with Gasteiger partial charge in [0.15, 0.2) is 9.84 Å². The van der Waals surface area contributed by atoms with E-state index in [1.165, 1.54) is 24.8 Å². The minimum Gasteiger partial charge on any atom is -0.497 e. The first-order chi connectivity index (χ1) is 13.9. The molecule has 1 aliphatic heterocycles. The molecule has 0 spiro atoms. The van der Waals surface area contributed by atoms with Crippen LogP contribution in [0, 0.1) is 5.92 Å². The highest BCUT2D eigenvalue weighted by Gasteiger charge is 2.40. The highest BCUT2D eigenvalue weighted by atomic mass is 32.2. The molecule has 0 radical (unpaired) electrons. The first-order valence-electron chi connectivity index (χ1n) is 9.80. The van der Waals surface area contributed by atoms with Crippen molar-refractivity contribution in [3.63, 3.8) is 0 Å². The van der Waals surface area contributed by atoms with Crippen LogP contribution >= 0.6 is 0 Å². The van der Waals surface area contributed by atoms with Gasteiger partial charge < -0.3 is 9.84 Å². The number of carboxylic acids is 1. The van der Waals surface area contributed by atoms with E-state index in [-0.39, 0.29) is 11.3 Å². The predicted molar refractivity (Wildman–Crippen MR) is 111 cm³/mol. The predicted octanol–water partition coefficient (Wildman–Crippen LogP) is 3.22. The fourth-order valence-electron chi connectivity index (χ4n) is 3.83. The molecule has 1 saturated heterocycles. The van der Waals surface area contributed by atoms with Crippen LogP contribution in [0.2, 0.25) is 0 Å². The summed E-state index contributed by atoms with van der Waals surface area (Å²) in [6.07, 6.45) is 2.25. The first kappa shape index (κ1) is 21.3. The molecule has 0 aromatic heterocycles. The van der Waals surface area contributed by atoms with Crippen LogP contribution in [0.15, 0.2) is 59.5 Å². The summed E-state index contributed by atoms with van der Waals surface area (Å²) in [5, 5.41) is 8.61. The lowest BCUT2D eigenvalue weighted by molar-refractivity contribution is -0.143. The summed E-state index contributed by atoms with van der Waals surface area (Å²) in [6, 6.07) is 16.4. The molecular weight excluding hydrogens is 390 g/mol. The quantitative estimate of drug-likeness (QED) is 0.710. The van der Waals surface area contributed by atoms with Crippen LogP contribution < -0.4 is 4.74 Å². The van der Waals surface area contributed by atoms with Gasteiger partial charge in [-0.2, -0.15) is 0 Å². The third-order valence-electron chi connectivity index (χ3n) is 5.51. The fraction of sp³-hybridized carbons (Fsp3) is 0.409. The lowest BCUT2D eigenvalue weighted by Gasteiger charge is -2.37. The average molecular weight is 418 g/mol. The van der Waals surface area contributed by atoms with Gasteiger partial charge in [-0.05, 0) is 62.1 Å². The van der Waals surface area contributed by atoms with Crippen molar-refractivity contribution in [1.29, 1.82) is 0 Å². The Morgan fingerprint density at radius 3 is 2.45 bits per heavy atom. The Bertz CT molecular complexity index is 912. The monoisotopic (exact) mass is 417 g/mol. The van der Waals surface area contributed by atoms with E-state index in [0.29, 0.717) is 25.3 Å². The molecule has 0 aliphatic carbocycles. The summed E-state index contributed by atoms with van der Waals surface area (Å²) in [7, 11) is -2.17. The molecule has 7 heteroatoms. The largest absolute Gasteiger partial charge is 0.497 e. The molecule has 0 amide bonds. The van der Waals surface area contributed by atoms with Gasteiger partial charge in [-0.1, -0.05) is 30.3 Å². The van der Waals surface area contributed by atoms with Crippen molar-refractivity contribution in [2.75, 3.05) is 20.2 Å². The number of ether oxygens (including phenoxy) is 1. The van der Waals surface area contributed by atoms with Gasteiger partial charge in [0.25, 0.3) is 0 Å². The number of sulfone groups is 1.